The summed E-state index contributed by atoms with van der Waals surface area (Å²) in [6, 6.07) is 9.96. The van der Waals surface area contributed by atoms with Crippen molar-refractivity contribution in [1.82, 2.24) is 15.0 Å². The lowest BCUT2D eigenvalue weighted by Crippen LogP contribution is -2.21. The summed E-state index contributed by atoms with van der Waals surface area (Å²) in [4.78, 5) is 15.6. The number of rotatable bonds is 9. The average molecular weight is 507 g/mol. The van der Waals surface area contributed by atoms with Crippen LogP contribution in [0.1, 0.15) is 29.5 Å². The van der Waals surface area contributed by atoms with Crippen LogP contribution in [0.4, 0.5) is 5.82 Å². The van der Waals surface area contributed by atoms with Crippen LogP contribution in [0.2, 0.25) is 5.02 Å². The van der Waals surface area contributed by atoms with Gasteiger partial charge in [0.25, 0.3) is 0 Å². The van der Waals surface area contributed by atoms with Gasteiger partial charge in [-0.25, -0.2) is 4.98 Å². The number of aromatic nitrogens is 3. The van der Waals surface area contributed by atoms with E-state index < -0.39 is 0 Å². The van der Waals surface area contributed by atoms with Crippen molar-refractivity contribution in [3.05, 3.63) is 58.5 Å². The normalized spacial score (nSPS) is 12.9. The lowest BCUT2D eigenvalue weighted by Gasteiger charge is -2.21. The van der Waals surface area contributed by atoms with E-state index >= 15 is 0 Å². The predicted octanol–water partition coefficient (Wildman–Crippen LogP) is 4.85. The maximum atomic E-state index is 10.1. The monoisotopic (exact) mass is 506 g/mol. The molecule has 0 aromatic carbocycles. The van der Waals surface area contributed by atoms with Gasteiger partial charge in [0.05, 0.1) is 29.1 Å². The number of thioether (sulfide) groups is 1. The topological polar surface area (TPSA) is 108 Å². The molecule has 3 aromatic heterocycles. The summed E-state index contributed by atoms with van der Waals surface area (Å²) in [5, 5.41) is 21.4. The van der Waals surface area contributed by atoms with E-state index in [1.165, 1.54) is 11.8 Å². The molecule has 1 aliphatic rings. The van der Waals surface area contributed by atoms with E-state index in [9.17, 15) is 10.5 Å². The Kier molecular flexibility index (Phi) is 8.38. The number of nitrogens with zero attached hydrogens (tertiary/aromatic N) is 6. The fourth-order valence-corrected chi connectivity index (χ4v) is 4.92. The summed E-state index contributed by atoms with van der Waals surface area (Å²) in [6.07, 6.45) is 6.97. The standard InChI is InChI=1S/C25H23ClN6O2S/c1-33-8-9-34-19-4-5-22(30-15-19)23-20(11-27)24(32-6-2-3-7-32)31-25(21(23)12-28)35-16-17-10-18(26)14-29-13-17/h4-5,10,13-15H,2-3,6-9,16H2,1H3. The summed E-state index contributed by atoms with van der Waals surface area (Å²) < 4.78 is 10.6. The van der Waals surface area contributed by atoms with Crippen LogP contribution >= 0.6 is 23.4 Å². The maximum absolute atomic E-state index is 10.1. The molecule has 1 aliphatic heterocycles. The number of anilines is 1. The van der Waals surface area contributed by atoms with Crippen LogP contribution in [0, 0.1) is 22.7 Å². The Morgan fingerprint density at radius 3 is 2.54 bits per heavy atom. The van der Waals surface area contributed by atoms with Gasteiger partial charge in [-0.2, -0.15) is 10.5 Å². The zero-order chi connectivity index (χ0) is 24.6. The molecular weight excluding hydrogens is 484 g/mol. The van der Waals surface area contributed by atoms with Gasteiger partial charge >= 0.3 is 0 Å². The molecule has 0 bridgehead atoms. The van der Waals surface area contributed by atoms with E-state index in [2.05, 4.69) is 27.0 Å². The minimum absolute atomic E-state index is 0.324. The van der Waals surface area contributed by atoms with Crippen molar-refractivity contribution in [2.24, 2.45) is 0 Å². The van der Waals surface area contributed by atoms with Gasteiger partial charge in [0, 0.05) is 43.9 Å². The van der Waals surface area contributed by atoms with Gasteiger partial charge in [-0.3, -0.25) is 9.97 Å². The molecule has 4 heterocycles. The number of hydrogen-bond donors (Lipinski definition) is 0. The number of halogens is 1. The quantitative estimate of drug-likeness (QED) is 0.297. The van der Waals surface area contributed by atoms with Crippen molar-refractivity contribution in [2.45, 2.75) is 23.6 Å². The molecule has 1 saturated heterocycles. The predicted molar refractivity (Wildman–Crippen MR) is 135 cm³/mol. The number of hydrogen-bond acceptors (Lipinski definition) is 9. The molecule has 0 N–H and O–H groups in total. The second-order valence-electron chi connectivity index (χ2n) is 7.80. The Labute approximate surface area is 213 Å². The summed E-state index contributed by atoms with van der Waals surface area (Å²) in [5.74, 6) is 1.70. The Morgan fingerprint density at radius 1 is 1.09 bits per heavy atom. The Bertz CT molecular complexity index is 1270. The molecule has 8 nitrogen and oxygen atoms in total. The molecule has 1 fully saturated rings. The van der Waals surface area contributed by atoms with Crippen LogP contribution in [0.5, 0.6) is 5.75 Å². The van der Waals surface area contributed by atoms with Crippen LogP contribution < -0.4 is 9.64 Å². The SMILES string of the molecule is COCCOc1ccc(-c2c(C#N)c(SCc3cncc(Cl)c3)nc(N3CCCC3)c2C#N)nc1. The molecule has 10 heteroatoms. The second kappa shape index (κ2) is 11.9. The van der Waals surface area contributed by atoms with Gasteiger partial charge in [-0.1, -0.05) is 11.6 Å². The number of nitriles is 2. The highest BCUT2D eigenvalue weighted by molar-refractivity contribution is 7.98. The zero-order valence-electron chi connectivity index (χ0n) is 19.2. The zero-order valence-corrected chi connectivity index (χ0v) is 20.8. The molecule has 178 valence electrons. The van der Waals surface area contributed by atoms with Crippen LogP contribution in [-0.2, 0) is 10.5 Å². The van der Waals surface area contributed by atoms with Crippen LogP contribution in [0.25, 0.3) is 11.3 Å². The number of methoxy groups -OCH3 is 1. The van der Waals surface area contributed by atoms with E-state index in [-0.39, 0.29) is 0 Å². The van der Waals surface area contributed by atoms with E-state index in [1.807, 2.05) is 6.07 Å². The van der Waals surface area contributed by atoms with E-state index in [0.717, 1.165) is 31.5 Å². The van der Waals surface area contributed by atoms with Gasteiger partial charge < -0.3 is 14.4 Å². The highest BCUT2D eigenvalue weighted by atomic mass is 35.5. The summed E-state index contributed by atoms with van der Waals surface area (Å²) >= 11 is 7.50. The van der Waals surface area contributed by atoms with E-state index in [4.69, 9.17) is 26.1 Å². The molecular formula is C25H23ClN6O2S. The molecule has 3 aromatic rings. The summed E-state index contributed by atoms with van der Waals surface area (Å²) in [7, 11) is 1.61. The summed E-state index contributed by atoms with van der Waals surface area (Å²) in [6.45, 7) is 2.49. The van der Waals surface area contributed by atoms with Crippen LogP contribution in [0.15, 0.2) is 41.8 Å². The minimum atomic E-state index is 0.324. The number of pyridine rings is 3. The van der Waals surface area contributed by atoms with Crippen LogP contribution in [-0.4, -0.2) is 48.4 Å². The van der Waals surface area contributed by atoms with Gasteiger partial charge in [-0.05, 0) is 36.6 Å². The highest BCUT2D eigenvalue weighted by Crippen LogP contribution is 2.39. The van der Waals surface area contributed by atoms with Crippen molar-refractivity contribution in [3.63, 3.8) is 0 Å². The largest absolute Gasteiger partial charge is 0.490 e. The molecule has 35 heavy (non-hydrogen) atoms. The first-order valence-corrected chi connectivity index (χ1v) is 12.4. The fraction of sp³-hybridized carbons (Fsp3) is 0.320. The third-order valence-corrected chi connectivity index (χ3v) is 6.71. The molecule has 0 radical (unpaired) electrons. The van der Waals surface area contributed by atoms with Gasteiger partial charge in [0.15, 0.2) is 0 Å². The minimum Gasteiger partial charge on any atom is -0.490 e. The first-order valence-electron chi connectivity index (χ1n) is 11.1. The van der Waals surface area contributed by atoms with Gasteiger partial charge in [0.1, 0.15) is 40.9 Å². The van der Waals surface area contributed by atoms with Crippen molar-refractivity contribution in [1.29, 1.82) is 10.5 Å². The Hall–Kier alpha value is -3.37. The number of ether oxygens (including phenoxy) is 2. The van der Waals surface area contributed by atoms with Crippen molar-refractivity contribution < 1.29 is 9.47 Å². The van der Waals surface area contributed by atoms with Crippen molar-refractivity contribution >= 4 is 29.2 Å². The first kappa shape index (κ1) is 24.7. The third kappa shape index (κ3) is 5.83. The van der Waals surface area contributed by atoms with E-state index in [0.29, 0.717) is 63.0 Å². The molecule has 0 aliphatic carbocycles. The third-order valence-electron chi connectivity index (χ3n) is 5.46. The molecule has 0 unspecified atom stereocenters. The molecule has 0 amide bonds. The highest BCUT2D eigenvalue weighted by Gasteiger charge is 2.26. The molecule has 0 spiro atoms. The Balaban J connectivity index is 1.77. The van der Waals surface area contributed by atoms with Crippen molar-refractivity contribution in [2.75, 3.05) is 38.3 Å². The molecule has 0 saturated carbocycles. The van der Waals surface area contributed by atoms with Crippen LogP contribution in [0.3, 0.4) is 0 Å². The molecule has 4 rings (SSSR count). The smallest absolute Gasteiger partial charge is 0.148 e. The molecule has 0 atom stereocenters. The maximum Gasteiger partial charge on any atom is 0.148 e. The van der Waals surface area contributed by atoms with Crippen molar-refractivity contribution in [3.8, 4) is 29.1 Å². The fourth-order valence-electron chi connectivity index (χ4n) is 3.82. The average Bonchev–Trinajstić information content (AvgIpc) is 3.42. The lowest BCUT2D eigenvalue weighted by molar-refractivity contribution is 0.146. The van der Waals surface area contributed by atoms with E-state index in [1.54, 1.807) is 37.8 Å². The van der Waals surface area contributed by atoms with Gasteiger partial charge in [-0.15, -0.1) is 11.8 Å². The second-order valence-corrected chi connectivity index (χ2v) is 9.20. The first-order chi connectivity index (χ1) is 17.1. The van der Waals surface area contributed by atoms with Gasteiger partial charge in [0.2, 0.25) is 0 Å². The Morgan fingerprint density at radius 2 is 1.89 bits per heavy atom. The lowest BCUT2D eigenvalue weighted by atomic mass is 10.0. The summed E-state index contributed by atoms with van der Waals surface area (Å²) in [5.41, 5.74) is 2.61.